The summed E-state index contributed by atoms with van der Waals surface area (Å²) < 4.78 is 8.87. The van der Waals surface area contributed by atoms with Crippen molar-refractivity contribution in [3.63, 3.8) is 0 Å². The topological polar surface area (TPSA) is 165 Å². The molecule has 0 unspecified atom stereocenters. The summed E-state index contributed by atoms with van der Waals surface area (Å²) in [5.74, 6) is -2.83. The zero-order chi connectivity index (χ0) is 20.2. The van der Waals surface area contributed by atoms with Gasteiger partial charge in [0.05, 0.1) is 23.9 Å². The second-order valence-electron chi connectivity index (χ2n) is 4.96. The van der Waals surface area contributed by atoms with E-state index in [2.05, 4.69) is 18.8 Å². The molecule has 0 radical (unpaired) electrons. The van der Waals surface area contributed by atoms with Gasteiger partial charge in [-0.05, 0) is 48.5 Å². The molecule has 0 aliphatic carbocycles. The van der Waals surface area contributed by atoms with Gasteiger partial charge in [-0.3, -0.25) is 9.97 Å². The smallest absolute Gasteiger partial charge is 0.542 e. The molecule has 0 fully saturated rings. The van der Waals surface area contributed by atoms with Crippen LogP contribution in [0, 0.1) is 0 Å². The number of hydrogen-bond acceptors (Lipinski definition) is 8. The summed E-state index contributed by atoms with van der Waals surface area (Å²) >= 11 is 0. The van der Waals surface area contributed by atoms with Crippen LogP contribution < -0.4 is 10.2 Å². The van der Waals surface area contributed by atoms with Gasteiger partial charge in [0.2, 0.25) is 0 Å². The van der Waals surface area contributed by atoms with Crippen LogP contribution in [0.5, 0.6) is 0 Å². The fourth-order valence-corrected chi connectivity index (χ4v) is 1.82. The third kappa shape index (κ3) is 9.05. The molecule has 0 saturated heterocycles. The largest absolute Gasteiger partial charge is 2.00 e. The number of furan rings is 2. The van der Waals surface area contributed by atoms with Gasteiger partial charge in [0.25, 0.3) is 0 Å². The molecule has 9 nitrogen and oxygen atoms in total. The van der Waals surface area contributed by atoms with Crippen molar-refractivity contribution in [2.24, 2.45) is 0 Å². The molecule has 0 aromatic carbocycles. The summed E-state index contributed by atoms with van der Waals surface area (Å²) in [7, 11) is 0. The zero-order valence-corrected chi connectivity index (χ0v) is 18.7. The van der Waals surface area contributed by atoms with Gasteiger partial charge in [-0.2, -0.15) is 0 Å². The molecule has 150 valence electrons. The van der Waals surface area contributed by atoms with Gasteiger partial charge in [-0.15, -0.1) is 0 Å². The van der Waals surface area contributed by atoms with Crippen molar-refractivity contribution < 1.29 is 53.6 Å². The molecule has 4 aromatic heterocycles. The fraction of sp³-hybridized carbons (Fsp3) is 0. The normalized spacial score (nSPS) is 8.67. The van der Waals surface area contributed by atoms with Crippen molar-refractivity contribution in [3.05, 3.63) is 97.1 Å². The average Bonchev–Trinajstić information content (AvgIpc) is 3.44. The van der Waals surface area contributed by atoms with Crippen LogP contribution >= 0.6 is 0 Å². The summed E-state index contributed by atoms with van der Waals surface area (Å²) in [5.41, 5.74) is 1.83. The van der Waals surface area contributed by atoms with Gasteiger partial charge >= 0.3 is 19.5 Å². The number of carboxylic acids is 2. The number of aromatic nitrogens is 2. The van der Waals surface area contributed by atoms with E-state index in [1.54, 1.807) is 12.4 Å². The van der Waals surface area contributed by atoms with E-state index in [0.29, 0.717) is 0 Å². The molecule has 0 saturated carbocycles. The Hall–Kier alpha value is -3.62. The Bertz CT molecular complexity index is 879. The number of hydrogen-bond donors (Lipinski definition) is 0. The van der Waals surface area contributed by atoms with E-state index < -0.39 is 11.9 Å². The maximum absolute atomic E-state index is 9.86. The van der Waals surface area contributed by atoms with Crippen molar-refractivity contribution in [2.75, 3.05) is 0 Å². The van der Waals surface area contributed by atoms with E-state index in [1.807, 2.05) is 36.4 Å². The number of carboxylic acid groups (broad SMARTS) is 2. The van der Waals surface area contributed by atoms with Gasteiger partial charge < -0.3 is 34.1 Å². The predicted octanol–water partition coefficient (Wildman–Crippen LogP) is 0.505. The Kier molecular flexibility index (Phi) is 12.7. The number of rotatable bonds is 3. The van der Waals surface area contributed by atoms with E-state index >= 15 is 0 Å². The first-order valence-electron chi connectivity index (χ1n) is 7.90. The number of pyridine rings is 2. The maximum Gasteiger partial charge on any atom is 2.00 e. The Morgan fingerprint density at radius 1 is 0.667 bits per heavy atom. The van der Waals surface area contributed by atoms with Crippen molar-refractivity contribution in [3.8, 4) is 11.4 Å². The quantitative estimate of drug-likeness (QED) is 0.313. The van der Waals surface area contributed by atoms with Crippen molar-refractivity contribution in [2.45, 2.75) is 0 Å². The molecule has 4 aromatic rings. The van der Waals surface area contributed by atoms with Crippen LogP contribution in [0.25, 0.3) is 11.4 Å². The third-order valence-corrected chi connectivity index (χ3v) is 3.04. The second-order valence-corrected chi connectivity index (χ2v) is 4.96. The second kappa shape index (κ2) is 14.4. The van der Waals surface area contributed by atoms with Crippen molar-refractivity contribution in [1.82, 2.24) is 9.97 Å². The van der Waals surface area contributed by atoms with Crippen molar-refractivity contribution in [1.29, 1.82) is 0 Å². The van der Waals surface area contributed by atoms with Crippen LogP contribution in [0.1, 0.15) is 21.1 Å². The Labute approximate surface area is 184 Å². The number of carbonyl (C=O) groups excluding carboxylic acids is 2. The molecule has 4 rings (SSSR count). The van der Waals surface area contributed by atoms with Crippen molar-refractivity contribution >= 4 is 11.9 Å². The monoisotopic (exact) mass is 461 g/mol. The van der Waals surface area contributed by atoms with E-state index in [4.69, 9.17) is 0 Å². The molecule has 10 heteroatoms. The van der Waals surface area contributed by atoms with E-state index in [0.717, 1.165) is 11.4 Å². The number of carbonyl (C=O) groups is 2. The minimum Gasteiger partial charge on any atom is -0.542 e. The SMILES string of the molecule is O=C([O-])c1ccco1.O=C([O-])c1ccco1.[OH3+].[Zn+2].c1ccc(-c2ccccn2)nc1. The molecule has 3 N–H and O–H groups in total. The third-order valence-electron chi connectivity index (χ3n) is 3.04. The predicted molar refractivity (Wildman–Crippen MR) is 98.4 cm³/mol. The summed E-state index contributed by atoms with van der Waals surface area (Å²) in [5, 5.41) is 19.7. The van der Waals surface area contributed by atoms with Crippen LogP contribution in [0.4, 0.5) is 0 Å². The standard InChI is InChI=1S/C10H8N2.2C5H4O3.H2O.Zn/c1-3-7-11-9(5-1)10-6-2-4-8-12-10;2*6-5(7)4-2-1-3-8-4;;/h1-8H;2*1-3H,(H,6,7);1H2;/q;;;;+2/p-1. The molecule has 0 amide bonds. The van der Waals surface area contributed by atoms with Gasteiger partial charge in [0.1, 0.15) is 23.5 Å². The van der Waals surface area contributed by atoms with Crippen LogP contribution in [0.15, 0.2) is 94.4 Å². The number of nitrogens with zero attached hydrogens (tertiary/aromatic N) is 2. The molecule has 0 aliphatic rings. The molecule has 0 spiro atoms. The van der Waals surface area contributed by atoms with Crippen LogP contribution in [-0.2, 0) is 25.0 Å². The van der Waals surface area contributed by atoms with Crippen LogP contribution in [-0.4, -0.2) is 21.9 Å². The summed E-state index contributed by atoms with van der Waals surface area (Å²) in [4.78, 5) is 28.1. The van der Waals surface area contributed by atoms with Crippen LogP contribution in [0.3, 0.4) is 0 Å². The van der Waals surface area contributed by atoms with Crippen LogP contribution in [0.2, 0.25) is 0 Å². The Morgan fingerprint density at radius 2 is 1.07 bits per heavy atom. The first kappa shape index (κ1) is 26.4. The average molecular weight is 463 g/mol. The molecule has 4 heterocycles. The van der Waals surface area contributed by atoms with Gasteiger partial charge in [0, 0.05) is 12.4 Å². The van der Waals surface area contributed by atoms with Gasteiger partial charge in [-0.1, -0.05) is 12.1 Å². The van der Waals surface area contributed by atoms with Gasteiger partial charge in [-0.25, -0.2) is 0 Å². The molecule has 0 aliphatic heterocycles. The molecule has 0 atom stereocenters. The molecular formula is C20H17N2O7Zn+. The zero-order valence-electron chi connectivity index (χ0n) is 15.7. The Morgan fingerprint density at radius 3 is 1.27 bits per heavy atom. The minimum atomic E-state index is -1.28. The maximum atomic E-state index is 9.86. The van der Waals surface area contributed by atoms with E-state index in [1.165, 1.54) is 36.8 Å². The summed E-state index contributed by atoms with van der Waals surface area (Å²) in [6.45, 7) is 0. The fourth-order valence-electron chi connectivity index (χ4n) is 1.82. The first-order chi connectivity index (χ1) is 13.6. The van der Waals surface area contributed by atoms with E-state index in [9.17, 15) is 19.8 Å². The molecule has 0 bridgehead atoms. The summed E-state index contributed by atoms with van der Waals surface area (Å²) in [6, 6.07) is 17.2. The number of aromatic carboxylic acids is 2. The Balaban J connectivity index is 0.000000420. The minimum absolute atomic E-state index is 0. The van der Waals surface area contributed by atoms with Gasteiger partial charge in [0.15, 0.2) is 0 Å². The van der Waals surface area contributed by atoms with E-state index in [-0.39, 0.29) is 36.5 Å². The molecule has 30 heavy (non-hydrogen) atoms. The summed E-state index contributed by atoms with van der Waals surface area (Å²) in [6.07, 6.45) is 6.10. The first-order valence-corrected chi connectivity index (χ1v) is 7.90. The molecular weight excluding hydrogens is 446 g/mol.